The van der Waals surface area contributed by atoms with E-state index >= 15 is 0 Å². The number of amides is 1. The van der Waals surface area contributed by atoms with Crippen molar-refractivity contribution < 1.29 is 13.6 Å². The van der Waals surface area contributed by atoms with E-state index in [1.54, 1.807) is 24.3 Å². The van der Waals surface area contributed by atoms with Gasteiger partial charge in [-0.15, -0.1) is 0 Å². The summed E-state index contributed by atoms with van der Waals surface area (Å²) in [7, 11) is 0. The predicted molar refractivity (Wildman–Crippen MR) is 102 cm³/mol. The minimum absolute atomic E-state index is 0.103. The summed E-state index contributed by atoms with van der Waals surface area (Å²) in [6, 6.07) is 10.6. The quantitative estimate of drug-likeness (QED) is 0.722. The van der Waals surface area contributed by atoms with E-state index in [-0.39, 0.29) is 17.5 Å². The van der Waals surface area contributed by atoms with Crippen molar-refractivity contribution in [1.82, 2.24) is 9.88 Å². The van der Waals surface area contributed by atoms with Gasteiger partial charge in [0.25, 0.3) is 0 Å². The van der Waals surface area contributed by atoms with Gasteiger partial charge < -0.3 is 10.3 Å². The third kappa shape index (κ3) is 4.01. The molecule has 0 saturated carbocycles. The molecule has 1 saturated heterocycles. The molecule has 140 valence electrons. The van der Waals surface area contributed by atoms with Crippen LogP contribution in [0.25, 0.3) is 10.9 Å². The Morgan fingerprint density at radius 3 is 2.52 bits per heavy atom. The zero-order chi connectivity index (χ0) is 18.8. The number of rotatable bonds is 4. The maximum atomic E-state index is 13.6. The van der Waals surface area contributed by atoms with E-state index in [9.17, 15) is 13.6 Å². The number of H-pyrrole nitrogens is 1. The van der Waals surface area contributed by atoms with Gasteiger partial charge in [0, 0.05) is 22.8 Å². The molecule has 0 spiro atoms. The van der Waals surface area contributed by atoms with Crippen molar-refractivity contribution in [3.05, 3.63) is 65.9 Å². The number of aromatic nitrogens is 1. The first-order chi connectivity index (χ1) is 13.1. The summed E-state index contributed by atoms with van der Waals surface area (Å²) < 4.78 is 26.5. The number of nitrogens with one attached hydrogen (secondary N) is 2. The van der Waals surface area contributed by atoms with Crippen LogP contribution in [0.15, 0.2) is 48.7 Å². The highest BCUT2D eigenvalue weighted by Gasteiger charge is 2.24. The number of piperidine rings is 1. The van der Waals surface area contributed by atoms with Gasteiger partial charge >= 0.3 is 0 Å². The molecule has 1 amide bonds. The first kappa shape index (κ1) is 17.7. The number of fused-ring (bicyclic) bond motifs is 1. The molecule has 4 rings (SSSR count). The summed E-state index contributed by atoms with van der Waals surface area (Å²) in [6.45, 7) is 1.93. The Bertz CT molecular complexity index is 944. The largest absolute Gasteiger partial charge is 0.361 e. The molecule has 0 unspecified atom stereocenters. The molecule has 2 N–H and O–H groups in total. The standard InChI is InChI=1S/C21H21F2N3O/c22-15-1-4-17(5-2-15)25-21(27)13-26-9-7-14(8-10-26)19-12-24-20-6-3-16(23)11-18(19)20/h1-6,11-12,14,24H,7-10,13H2,(H,25,27). The van der Waals surface area contributed by atoms with E-state index in [4.69, 9.17) is 0 Å². The van der Waals surface area contributed by atoms with Crippen LogP contribution in [0.3, 0.4) is 0 Å². The van der Waals surface area contributed by atoms with E-state index in [0.717, 1.165) is 42.4 Å². The van der Waals surface area contributed by atoms with Crippen LogP contribution in [0.1, 0.15) is 24.3 Å². The average Bonchev–Trinajstić information content (AvgIpc) is 3.07. The van der Waals surface area contributed by atoms with Crippen LogP contribution in [-0.2, 0) is 4.79 Å². The van der Waals surface area contributed by atoms with E-state index in [2.05, 4.69) is 15.2 Å². The summed E-state index contributed by atoms with van der Waals surface area (Å²) in [5, 5.41) is 3.74. The number of likely N-dealkylation sites (tertiary alicyclic amines) is 1. The predicted octanol–water partition coefficient (Wildman–Crippen LogP) is 4.26. The Morgan fingerprint density at radius 2 is 1.78 bits per heavy atom. The highest BCUT2D eigenvalue weighted by molar-refractivity contribution is 5.92. The van der Waals surface area contributed by atoms with Crippen molar-refractivity contribution in [2.75, 3.05) is 25.0 Å². The normalized spacial score (nSPS) is 15.9. The van der Waals surface area contributed by atoms with Crippen molar-refractivity contribution >= 4 is 22.5 Å². The molecule has 1 aliphatic heterocycles. The van der Waals surface area contributed by atoms with Gasteiger partial charge in [-0.2, -0.15) is 0 Å². The lowest BCUT2D eigenvalue weighted by molar-refractivity contribution is -0.117. The third-order valence-corrected chi connectivity index (χ3v) is 5.20. The van der Waals surface area contributed by atoms with Crippen LogP contribution in [0, 0.1) is 11.6 Å². The van der Waals surface area contributed by atoms with Gasteiger partial charge in [-0.05, 0) is 79.9 Å². The molecule has 1 aromatic heterocycles. The van der Waals surface area contributed by atoms with Crippen molar-refractivity contribution in [3.63, 3.8) is 0 Å². The molecule has 6 heteroatoms. The maximum Gasteiger partial charge on any atom is 0.238 e. The molecule has 4 nitrogen and oxygen atoms in total. The fraction of sp³-hybridized carbons (Fsp3) is 0.286. The summed E-state index contributed by atoms with van der Waals surface area (Å²) in [5.74, 6) is -0.295. The van der Waals surface area contributed by atoms with Crippen LogP contribution >= 0.6 is 0 Å². The van der Waals surface area contributed by atoms with Gasteiger partial charge in [0.1, 0.15) is 11.6 Å². The lowest BCUT2D eigenvalue weighted by atomic mass is 9.89. The Kier molecular flexibility index (Phi) is 4.90. The summed E-state index contributed by atoms with van der Waals surface area (Å²) >= 11 is 0. The Balaban J connectivity index is 1.34. The molecular formula is C21H21F2N3O. The monoisotopic (exact) mass is 369 g/mol. The number of benzene rings is 2. The van der Waals surface area contributed by atoms with Gasteiger partial charge in [0.2, 0.25) is 5.91 Å². The zero-order valence-corrected chi connectivity index (χ0v) is 14.8. The van der Waals surface area contributed by atoms with Gasteiger partial charge in [0.15, 0.2) is 0 Å². The maximum absolute atomic E-state index is 13.6. The van der Waals surface area contributed by atoms with Crippen LogP contribution in [-0.4, -0.2) is 35.4 Å². The molecule has 2 heterocycles. The molecule has 0 atom stereocenters. The number of halogens is 2. The molecule has 1 aliphatic rings. The topological polar surface area (TPSA) is 48.1 Å². The molecule has 1 fully saturated rings. The van der Waals surface area contributed by atoms with Gasteiger partial charge in [-0.1, -0.05) is 0 Å². The number of carbonyl (C=O) groups is 1. The molecule has 0 bridgehead atoms. The van der Waals surface area contributed by atoms with Crippen LogP contribution in [0.4, 0.5) is 14.5 Å². The molecule has 2 aromatic carbocycles. The minimum Gasteiger partial charge on any atom is -0.361 e. The smallest absolute Gasteiger partial charge is 0.238 e. The fourth-order valence-electron chi connectivity index (χ4n) is 3.79. The van der Waals surface area contributed by atoms with E-state index in [1.807, 2.05) is 6.20 Å². The molecule has 3 aromatic rings. The van der Waals surface area contributed by atoms with Crippen LogP contribution in [0.5, 0.6) is 0 Å². The second-order valence-electron chi connectivity index (χ2n) is 7.04. The summed E-state index contributed by atoms with van der Waals surface area (Å²) in [5.41, 5.74) is 2.70. The van der Waals surface area contributed by atoms with Crippen molar-refractivity contribution in [3.8, 4) is 0 Å². The number of nitrogens with zero attached hydrogens (tertiary/aromatic N) is 1. The highest BCUT2D eigenvalue weighted by atomic mass is 19.1. The van der Waals surface area contributed by atoms with E-state index in [0.29, 0.717) is 18.2 Å². The average molecular weight is 369 g/mol. The van der Waals surface area contributed by atoms with Crippen LogP contribution < -0.4 is 5.32 Å². The second kappa shape index (κ2) is 7.48. The van der Waals surface area contributed by atoms with Gasteiger partial charge in [0.05, 0.1) is 6.54 Å². The fourth-order valence-corrected chi connectivity index (χ4v) is 3.79. The van der Waals surface area contributed by atoms with E-state index < -0.39 is 0 Å². The first-order valence-corrected chi connectivity index (χ1v) is 9.13. The number of aromatic amines is 1. The summed E-state index contributed by atoms with van der Waals surface area (Å²) in [6.07, 6.45) is 3.83. The highest BCUT2D eigenvalue weighted by Crippen LogP contribution is 2.33. The Labute approximate surface area is 156 Å². The summed E-state index contributed by atoms with van der Waals surface area (Å²) in [4.78, 5) is 17.5. The van der Waals surface area contributed by atoms with Crippen molar-refractivity contribution in [1.29, 1.82) is 0 Å². The molecule has 27 heavy (non-hydrogen) atoms. The van der Waals surface area contributed by atoms with Crippen molar-refractivity contribution in [2.45, 2.75) is 18.8 Å². The number of anilines is 1. The van der Waals surface area contributed by atoms with Crippen LogP contribution in [0.2, 0.25) is 0 Å². The van der Waals surface area contributed by atoms with Gasteiger partial charge in [-0.25, -0.2) is 8.78 Å². The number of hydrogen-bond donors (Lipinski definition) is 2. The Hall–Kier alpha value is -2.73. The number of carbonyl (C=O) groups excluding carboxylic acids is 1. The minimum atomic E-state index is -0.327. The first-order valence-electron chi connectivity index (χ1n) is 9.13. The SMILES string of the molecule is O=C(CN1CCC(c2c[nH]c3ccc(F)cc23)CC1)Nc1ccc(F)cc1. The third-order valence-electron chi connectivity index (χ3n) is 5.20. The van der Waals surface area contributed by atoms with E-state index in [1.165, 1.54) is 18.2 Å². The Morgan fingerprint density at radius 1 is 1.07 bits per heavy atom. The lowest BCUT2D eigenvalue weighted by Gasteiger charge is -2.31. The molecule has 0 radical (unpaired) electrons. The zero-order valence-electron chi connectivity index (χ0n) is 14.8. The number of hydrogen-bond acceptors (Lipinski definition) is 2. The molecular weight excluding hydrogens is 348 g/mol. The van der Waals surface area contributed by atoms with Gasteiger partial charge in [-0.3, -0.25) is 9.69 Å². The molecule has 0 aliphatic carbocycles. The lowest BCUT2D eigenvalue weighted by Crippen LogP contribution is -2.38. The van der Waals surface area contributed by atoms with Crippen molar-refractivity contribution in [2.24, 2.45) is 0 Å². The second-order valence-corrected chi connectivity index (χ2v) is 7.04.